The van der Waals surface area contributed by atoms with Crippen LogP contribution in [0.1, 0.15) is 13.8 Å². The summed E-state index contributed by atoms with van der Waals surface area (Å²) in [4.78, 5) is 13.4. The number of ether oxygens (including phenoxy) is 1. The van der Waals surface area contributed by atoms with E-state index in [0.717, 1.165) is 20.8 Å². The molecule has 1 aromatic rings. The zero-order valence-corrected chi connectivity index (χ0v) is 11.9. The van der Waals surface area contributed by atoms with Crippen molar-refractivity contribution in [2.24, 2.45) is 0 Å². The quantitative estimate of drug-likeness (QED) is 0.844. The second-order valence-electron chi connectivity index (χ2n) is 3.54. The van der Waals surface area contributed by atoms with Crippen LogP contribution in [0.4, 0.5) is 5.69 Å². The minimum absolute atomic E-state index is 0.270. The highest BCUT2D eigenvalue weighted by molar-refractivity contribution is 9.10. The van der Waals surface area contributed by atoms with Crippen LogP contribution in [0.25, 0.3) is 0 Å². The Bertz CT molecular complexity index is 499. The fourth-order valence-electron chi connectivity index (χ4n) is 1.52. The van der Waals surface area contributed by atoms with Crippen LogP contribution in [0, 0.1) is 0 Å². The van der Waals surface area contributed by atoms with Crippen molar-refractivity contribution < 1.29 is 9.53 Å². The molecule has 17 heavy (non-hydrogen) atoms. The van der Waals surface area contributed by atoms with Gasteiger partial charge in [0.1, 0.15) is 4.91 Å². The fourth-order valence-corrected chi connectivity index (χ4v) is 3.01. The van der Waals surface area contributed by atoms with Gasteiger partial charge in [0.05, 0.1) is 12.3 Å². The Morgan fingerprint density at radius 3 is 3.00 bits per heavy atom. The number of nitrogens with one attached hydrogen (secondary N) is 1. The molecule has 0 saturated carbocycles. The van der Waals surface area contributed by atoms with Crippen LogP contribution in [-0.4, -0.2) is 12.6 Å². The number of anilines is 1. The predicted molar refractivity (Wildman–Crippen MR) is 73.0 cm³/mol. The minimum Gasteiger partial charge on any atom is -0.462 e. The van der Waals surface area contributed by atoms with Crippen LogP contribution in [0.15, 0.2) is 38.2 Å². The normalized spacial score (nSPS) is 14.1. The number of halogens is 1. The van der Waals surface area contributed by atoms with E-state index in [0.29, 0.717) is 11.5 Å². The van der Waals surface area contributed by atoms with Crippen LogP contribution in [0.5, 0.6) is 0 Å². The number of thioether (sulfide) groups is 1. The minimum atomic E-state index is -0.270. The number of fused-ring (bicyclic) bond motifs is 1. The summed E-state index contributed by atoms with van der Waals surface area (Å²) >= 11 is 4.86. The summed E-state index contributed by atoms with van der Waals surface area (Å²) in [7, 11) is 0. The molecule has 1 heterocycles. The van der Waals surface area contributed by atoms with Gasteiger partial charge in [0.15, 0.2) is 0 Å². The molecule has 3 nitrogen and oxygen atoms in total. The highest BCUT2D eigenvalue weighted by Crippen LogP contribution is 2.41. The van der Waals surface area contributed by atoms with E-state index in [4.69, 9.17) is 4.74 Å². The molecule has 0 fully saturated rings. The molecule has 90 valence electrons. The lowest BCUT2D eigenvalue weighted by Crippen LogP contribution is -2.14. The van der Waals surface area contributed by atoms with Crippen LogP contribution >= 0.6 is 27.7 Å². The lowest BCUT2D eigenvalue weighted by molar-refractivity contribution is -0.137. The molecule has 1 aliphatic rings. The first-order chi connectivity index (χ1) is 8.11. The lowest BCUT2D eigenvalue weighted by atomic mass is 10.3. The van der Waals surface area contributed by atoms with Gasteiger partial charge >= 0.3 is 5.97 Å². The molecule has 0 amide bonds. The molecule has 0 aromatic heterocycles. The molecule has 0 radical (unpaired) electrons. The zero-order chi connectivity index (χ0) is 12.4. The molecule has 1 aliphatic heterocycles. The van der Waals surface area contributed by atoms with Gasteiger partial charge in [-0.25, -0.2) is 4.79 Å². The maximum Gasteiger partial charge on any atom is 0.346 e. The number of hydrogen-bond acceptors (Lipinski definition) is 4. The summed E-state index contributed by atoms with van der Waals surface area (Å²) in [6, 6.07) is 5.94. The molecule has 0 atom stereocenters. The van der Waals surface area contributed by atoms with Crippen molar-refractivity contribution in [1.29, 1.82) is 0 Å². The molecule has 0 spiro atoms. The smallest absolute Gasteiger partial charge is 0.346 e. The van der Waals surface area contributed by atoms with Crippen LogP contribution in [0.2, 0.25) is 0 Å². The largest absolute Gasteiger partial charge is 0.462 e. The van der Waals surface area contributed by atoms with Gasteiger partial charge in [0.25, 0.3) is 0 Å². The SMILES string of the molecule is CCOC(=O)C1=C(C)Nc2ccc(Br)cc2S1. The van der Waals surface area contributed by atoms with Gasteiger partial charge < -0.3 is 10.1 Å². The maximum absolute atomic E-state index is 11.8. The molecule has 0 aliphatic carbocycles. The van der Waals surface area contributed by atoms with E-state index in [-0.39, 0.29) is 5.97 Å². The third kappa shape index (κ3) is 2.66. The molecule has 0 bridgehead atoms. The number of hydrogen-bond donors (Lipinski definition) is 1. The number of benzene rings is 1. The average molecular weight is 314 g/mol. The van der Waals surface area contributed by atoms with E-state index in [1.807, 2.05) is 25.1 Å². The molecule has 2 rings (SSSR count). The Morgan fingerprint density at radius 2 is 2.29 bits per heavy atom. The molecule has 0 saturated heterocycles. The predicted octanol–water partition coefficient (Wildman–Crippen LogP) is 3.76. The van der Waals surface area contributed by atoms with Gasteiger partial charge in [-0.05, 0) is 32.0 Å². The van der Waals surface area contributed by atoms with E-state index in [2.05, 4.69) is 21.2 Å². The highest BCUT2D eigenvalue weighted by Gasteiger charge is 2.22. The first kappa shape index (κ1) is 12.5. The van der Waals surface area contributed by atoms with Crippen LogP contribution in [-0.2, 0) is 9.53 Å². The van der Waals surface area contributed by atoms with Crippen molar-refractivity contribution in [1.82, 2.24) is 0 Å². The molecule has 0 unspecified atom stereocenters. The highest BCUT2D eigenvalue weighted by atomic mass is 79.9. The molecule has 1 N–H and O–H groups in total. The van der Waals surface area contributed by atoms with E-state index in [1.165, 1.54) is 11.8 Å². The lowest BCUT2D eigenvalue weighted by Gasteiger charge is -2.21. The number of esters is 1. The topological polar surface area (TPSA) is 38.3 Å². The third-order valence-electron chi connectivity index (χ3n) is 2.28. The molecular weight excluding hydrogens is 302 g/mol. The van der Waals surface area contributed by atoms with Crippen LogP contribution < -0.4 is 5.32 Å². The summed E-state index contributed by atoms with van der Waals surface area (Å²) in [5.41, 5.74) is 1.85. The summed E-state index contributed by atoms with van der Waals surface area (Å²) in [5, 5.41) is 3.21. The molecule has 5 heteroatoms. The van der Waals surface area contributed by atoms with Gasteiger partial charge in [0.2, 0.25) is 0 Å². The number of carbonyl (C=O) groups excluding carboxylic acids is 1. The summed E-state index contributed by atoms with van der Waals surface area (Å²) in [6.07, 6.45) is 0. The fraction of sp³-hybridized carbons (Fsp3) is 0.250. The van der Waals surface area contributed by atoms with E-state index >= 15 is 0 Å². The average Bonchev–Trinajstić information content (AvgIpc) is 2.29. The Hall–Kier alpha value is -0.940. The van der Waals surface area contributed by atoms with Crippen molar-refractivity contribution >= 4 is 39.3 Å². The van der Waals surface area contributed by atoms with Gasteiger partial charge in [0, 0.05) is 15.1 Å². The van der Waals surface area contributed by atoms with E-state index in [9.17, 15) is 4.79 Å². The van der Waals surface area contributed by atoms with Crippen molar-refractivity contribution in [2.45, 2.75) is 18.7 Å². The van der Waals surface area contributed by atoms with Gasteiger partial charge in [-0.15, -0.1) is 0 Å². The van der Waals surface area contributed by atoms with E-state index in [1.54, 1.807) is 6.92 Å². The summed E-state index contributed by atoms with van der Waals surface area (Å²) < 4.78 is 6.02. The standard InChI is InChI=1S/C12H12BrNO2S/c1-3-16-12(15)11-7(2)14-9-5-4-8(13)6-10(9)17-11/h4-6,14H,3H2,1-2H3. The summed E-state index contributed by atoms with van der Waals surface area (Å²) in [6.45, 7) is 4.07. The number of carbonyl (C=O) groups is 1. The Balaban J connectivity index is 2.30. The van der Waals surface area contributed by atoms with Gasteiger partial charge in [-0.2, -0.15) is 0 Å². The first-order valence-corrected chi connectivity index (χ1v) is 6.85. The number of rotatable bonds is 2. The monoisotopic (exact) mass is 313 g/mol. The van der Waals surface area contributed by atoms with Crippen molar-refractivity contribution in [2.75, 3.05) is 11.9 Å². The Kier molecular flexibility index (Phi) is 3.79. The summed E-state index contributed by atoms with van der Waals surface area (Å²) in [5.74, 6) is -0.270. The van der Waals surface area contributed by atoms with Crippen molar-refractivity contribution in [3.63, 3.8) is 0 Å². The Morgan fingerprint density at radius 1 is 1.53 bits per heavy atom. The molecule has 1 aromatic carbocycles. The second-order valence-corrected chi connectivity index (χ2v) is 5.51. The van der Waals surface area contributed by atoms with Gasteiger partial charge in [-0.3, -0.25) is 0 Å². The second kappa shape index (κ2) is 5.14. The maximum atomic E-state index is 11.8. The van der Waals surface area contributed by atoms with Gasteiger partial charge in [-0.1, -0.05) is 27.7 Å². The van der Waals surface area contributed by atoms with Crippen molar-refractivity contribution in [3.8, 4) is 0 Å². The van der Waals surface area contributed by atoms with Crippen molar-refractivity contribution in [3.05, 3.63) is 33.3 Å². The first-order valence-electron chi connectivity index (χ1n) is 5.24. The van der Waals surface area contributed by atoms with Crippen LogP contribution in [0.3, 0.4) is 0 Å². The number of allylic oxidation sites excluding steroid dienone is 1. The van der Waals surface area contributed by atoms with E-state index < -0.39 is 0 Å². The molecular formula is C12H12BrNO2S. The zero-order valence-electron chi connectivity index (χ0n) is 9.54. The Labute approximate surface area is 113 Å². The third-order valence-corrected chi connectivity index (χ3v) is 4.01.